The summed E-state index contributed by atoms with van der Waals surface area (Å²) in [4.78, 5) is 0. The fourth-order valence-corrected chi connectivity index (χ4v) is 2.46. The molecule has 1 aliphatic rings. The number of halogens is 2. The van der Waals surface area contributed by atoms with Crippen LogP contribution in [-0.2, 0) is 6.42 Å². The van der Waals surface area contributed by atoms with Crippen LogP contribution < -0.4 is 0 Å². The molecule has 86 valence electrons. The highest BCUT2D eigenvalue weighted by Gasteiger charge is 2.13. The Morgan fingerprint density at radius 2 is 2.25 bits per heavy atom. The van der Waals surface area contributed by atoms with Crippen LogP contribution in [-0.4, -0.2) is 11.2 Å². The lowest BCUT2D eigenvalue weighted by atomic mass is 9.93. The molecule has 0 aliphatic heterocycles. The van der Waals surface area contributed by atoms with Gasteiger partial charge in [-0.25, -0.2) is 4.39 Å². The molecule has 0 fully saturated rings. The molecule has 1 aromatic carbocycles. The molecular formula is C13H14BrFO. The molecule has 1 atom stereocenters. The molecule has 1 aliphatic carbocycles. The molecule has 0 saturated carbocycles. The van der Waals surface area contributed by atoms with Gasteiger partial charge in [-0.15, -0.1) is 0 Å². The van der Waals surface area contributed by atoms with Crippen molar-refractivity contribution in [3.05, 3.63) is 45.7 Å². The average Bonchev–Trinajstić information content (AvgIpc) is 2.25. The zero-order valence-corrected chi connectivity index (χ0v) is 10.5. The molecule has 0 amide bonds. The van der Waals surface area contributed by atoms with Crippen molar-refractivity contribution < 1.29 is 9.50 Å². The maximum absolute atomic E-state index is 13.3. The smallest absolute Gasteiger partial charge is 0.137 e. The lowest BCUT2D eigenvalue weighted by Crippen LogP contribution is -2.10. The summed E-state index contributed by atoms with van der Waals surface area (Å²) in [7, 11) is 0. The molecule has 3 heteroatoms. The molecule has 0 bridgehead atoms. The van der Waals surface area contributed by atoms with Crippen molar-refractivity contribution in [2.24, 2.45) is 0 Å². The first-order valence-corrected chi connectivity index (χ1v) is 6.26. The Balaban J connectivity index is 2.17. The highest BCUT2D eigenvalue weighted by Crippen LogP contribution is 2.26. The fourth-order valence-electron chi connectivity index (χ4n) is 2.05. The third-order valence-electron chi connectivity index (χ3n) is 2.87. The Hall–Kier alpha value is -0.670. The number of aliphatic hydroxyl groups is 1. The predicted octanol–water partition coefficient (Wildman–Crippen LogP) is 3.60. The van der Waals surface area contributed by atoms with Gasteiger partial charge in [0.05, 0.1) is 10.6 Å². The van der Waals surface area contributed by atoms with Gasteiger partial charge in [-0.2, -0.15) is 0 Å². The van der Waals surface area contributed by atoms with E-state index in [2.05, 4.69) is 15.9 Å². The lowest BCUT2D eigenvalue weighted by molar-refractivity contribution is 0.202. The van der Waals surface area contributed by atoms with Gasteiger partial charge in [0.15, 0.2) is 0 Å². The highest BCUT2D eigenvalue weighted by atomic mass is 79.9. The largest absolute Gasteiger partial charge is 0.389 e. The van der Waals surface area contributed by atoms with Crippen molar-refractivity contribution >= 4 is 15.9 Å². The number of hydrogen-bond acceptors (Lipinski definition) is 1. The average molecular weight is 285 g/mol. The summed E-state index contributed by atoms with van der Waals surface area (Å²) in [5, 5.41) is 9.52. The van der Waals surface area contributed by atoms with Gasteiger partial charge in [0.25, 0.3) is 0 Å². The number of hydrogen-bond donors (Lipinski definition) is 1. The molecule has 1 aromatic rings. The van der Waals surface area contributed by atoms with Crippen LogP contribution in [0.3, 0.4) is 0 Å². The summed E-state index contributed by atoms with van der Waals surface area (Å²) in [6, 6.07) is 5.07. The number of aliphatic hydroxyl groups excluding tert-OH is 1. The van der Waals surface area contributed by atoms with E-state index in [1.54, 1.807) is 6.07 Å². The van der Waals surface area contributed by atoms with Crippen molar-refractivity contribution in [2.45, 2.75) is 31.8 Å². The van der Waals surface area contributed by atoms with E-state index in [0.29, 0.717) is 4.47 Å². The van der Waals surface area contributed by atoms with Gasteiger partial charge in [-0.1, -0.05) is 23.8 Å². The van der Waals surface area contributed by atoms with Crippen molar-refractivity contribution in [1.29, 1.82) is 0 Å². The monoisotopic (exact) mass is 284 g/mol. The molecule has 0 radical (unpaired) electrons. The van der Waals surface area contributed by atoms with Crippen LogP contribution >= 0.6 is 15.9 Å². The van der Waals surface area contributed by atoms with Gasteiger partial charge in [0.2, 0.25) is 0 Å². The molecule has 2 rings (SSSR count). The second kappa shape index (κ2) is 5.11. The summed E-state index contributed by atoms with van der Waals surface area (Å²) >= 11 is 3.26. The Morgan fingerprint density at radius 3 is 3.00 bits per heavy atom. The summed E-state index contributed by atoms with van der Waals surface area (Å²) in [6.07, 6.45) is 5.15. The van der Waals surface area contributed by atoms with Gasteiger partial charge in [-0.3, -0.25) is 0 Å². The summed E-state index contributed by atoms with van der Waals surface area (Å²) < 4.78 is 13.8. The molecule has 1 N–H and O–H groups in total. The molecule has 1 unspecified atom stereocenters. The lowest BCUT2D eigenvalue weighted by Gasteiger charge is -2.17. The minimum atomic E-state index is -0.323. The van der Waals surface area contributed by atoms with Gasteiger partial charge < -0.3 is 5.11 Å². The summed E-state index contributed by atoms with van der Waals surface area (Å²) in [5.41, 5.74) is 2.14. The second-order valence-electron chi connectivity index (χ2n) is 4.17. The summed E-state index contributed by atoms with van der Waals surface area (Å²) in [5.74, 6) is -0.227. The third kappa shape index (κ3) is 2.71. The van der Waals surface area contributed by atoms with Crippen LogP contribution in [0.5, 0.6) is 0 Å². The van der Waals surface area contributed by atoms with Crippen molar-refractivity contribution in [3.8, 4) is 0 Å². The first-order chi connectivity index (χ1) is 7.66. The van der Waals surface area contributed by atoms with E-state index in [0.717, 1.165) is 31.2 Å². The topological polar surface area (TPSA) is 20.2 Å². The van der Waals surface area contributed by atoms with Crippen LogP contribution in [0, 0.1) is 5.82 Å². The first kappa shape index (κ1) is 11.8. The first-order valence-electron chi connectivity index (χ1n) is 5.47. The van der Waals surface area contributed by atoms with Crippen molar-refractivity contribution in [3.63, 3.8) is 0 Å². The normalized spacial score (nSPS) is 20.7. The molecule has 1 nitrogen and oxygen atoms in total. The zero-order chi connectivity index (χ0) is 11.5. The van der Waals surface area contributed by atoms with Crippen LogP contribution in [0.25, 0.3) is 0 Å². The van der Waals surface area contributed by atoms with Crippen LogP contribution in [0.15, 0.2) is 34.3 Å². The Bertz CT molecular complexity index is 414. The maximum atomic E-state index is 13.3. The van der Waals surface area contributed by atoms with E-state index in [1.807, 2.05) is 12.1 Å². The van der Waals surface area contributed by atoms with E-state index in [-0.39, 0.29) is 11.9 Å². The van der Waals surface area contributed by atoms with E-state index >= 15 is 0 Å². The minimum absolute atomic E-state index is 0.227. The minimum Gasteiger partial charge on any atom is -0.389 e. The van der Waals surface area contributed by atoms with E-state index < -0.39 is 0 Å². The number of rotatable bonds is 2. The van der Waals surface area contributed by atoms with Crippen LogP contribution in [0.4, 0.5) is 4.39 Å². The van der Waals surface area contributed by atoms with E-state index in [9.17, 15) is 9.50 Å². The van der Waals surface area contributed by atoms with E-state index in [1.165, 1.54) is 11.6 Å². The second-order valence-corrected chi connectivity index (χ2v) is 4.97. The maximum Gasteiger partial charge on any atom is 0.137 e. The SMILES string of the molecule is OC1C=C(Cc2cccc(F)c2Br)CCC1. The predicted molar refractivity (Wildman–Crippen MR) is 65.7 cm³/mol. The zero-order valence-electron chi connectivity index (χ0n) is 8.92. The Morgan fingerprint density at radius 1 is 1.44 bits per heavy atom. The molecular weight excluding hydrogens is 271 g/mol. The quantitative estimate of drug-likeness (QED) is 0.823. The highest BCUT2D eigenvalue weighted by molar-refractivity contribution is 9.10. The van der Waals surface area contributed by atoms with Gasteiger partial charge >= 0.3 is 0 Å². The molecule has 16 heavy (non-hydrogen) atoms. The fraction of sp³-hybridized carbons (Fsp3) is 0.385. The third-order valence-corrected chi connectivity index (χ3v) is 3.76. The molecule has 0 heterocycles. The Kier molecular flexibility index (Phi) is 3.77. The Labute approximate surface area is 103 Å². The van der Waals surface area contributed by atoms with Crippen LogP contribution in [0.1, 0.15) is 24.8 Å². The van der Waals surface area contributed by atoms with Crippen LogP contribution in [0.2, 0.25) is 0 Å². The molecule has 0 spiro atoms. The summed E-state index contributed by atoms with van der Waals surface area (Å²) in [6.45, 7) is 0. The van der Waals surface area contributed by atoms with Gasteiger partial charge in [0.1, 0.15) is 5.82 Å². The standard InChI is InChI=1S/C13H14BrFO/c14-13-10(4-2-6-12(13)15)7-9-3-1-5-11(16)8-9/h2,4,6,8,11,16H,1,3,5,7H2. The van der Waals surface area contributed by atoms with Gasteiger partial charge in [0, 0.05) is 0 Å². The number of benzene rings is 1. The van der Waals surface area contributed by atoms with Gasteiger partial charge in [-0.05, 0) is 53.2 Å². The molecule has 0 aromatic heterocycles. The van der Waals surface area contributed by atoms with Crippen molar-refractivity contribution in [1.82, 2.24) is 0 Å². The number of allylic oxidation sites excluding steroid dienone is 1. The van der Waals surface area contributed by atoms with E-state index in [4.69, 9.17) is 0 Å². The molecule has 0 saturated heterocycles. The van der Waals surface area contributed by atoms with Crippen molar-refractivity contribution in [2.75, 3.05) is 0 Å².